The van der Waals surface area contributed by atoms with E-state index >= 15 is 0 Å². The van der Waals surface area contributed by atoms with Gasteiger partial charge in [0.25, 0.3) is 0 Å². The molecule has 0 aromatic carbocycles. The van der Waals surface area contributed by atoms with Crippen LogP contribution < -0.4 is 5.32 Å². The number of amides is 1. The van der Waals surface area contributed by atoms with Crippen LogP contribution in [0, 0.1) is 33.5 Å². The largest absolute Gasteiger partial charge is 0.343 e. The molecule has 0 aromatic rings. The molecule has 4 rings (SSSR count). The average Bonchev–Trinajstić information content (AvgIpc) is 2.20. The SMILES string of the molecule is CC12CC3CC(C)(C1)CC(C(=O)NCC#N)(C3)C2. The van der Waals surface area contributed by atoms with Crippen LogP contribution in [0.1, 0.15) is 52.4 Å². The lowest BCUT2D eigenvalue weighted by atomic mass is 9.40. The Kier molecular flexibility index (Phi) is 2.33. The molecule has 4 bridgehead atoms. The van der Waals surface area contributed by atoms with Crippen molar-refractivity contribution in [1.82, 2.24) is 5.32 Å². The van der Waals surface area contributed by atoms with E-state index in [2.05, 4.69) is 19.2 Å². The van der Waals surface area contributed by atoms with E-state index in [4.69, 9.17) is 5.26 Å². The molecule has 0 saturated heterocycles. The molecule has 0 aliphatic heterocycles. The van der Waals surface area contributed by atoms with Crippen molar-refractivity contribution >= 4 is 5.91 Å². The Labute approximate surface area is 109 Å². The van der Waals surface area contributed by atoms with Gasteiger partial charge in [-0.15, -0.1) is 0 Å². The average molecular weight is 246 g/mol. The molecule has 0 heterocycles. The highest BCUT2D eigenvalue weighted by molar-refractivity contribution is 5.83. The predicted molar refractivity (Wildman–Crippen MR) is 68.5 cm³/mol. The number of nitriles is 1. The van der Waals surface area contributed by atoms with Crippen molar-refractivity contribution in [2.24, 2.45) is 22.2 Å². The van der Waals surface area contributed by atoms with Crippen LogP contribution in [0.15, 0.2) is 0 Å². The van der Waals surface area contributed by atoms with Gasteiger partial charge >= 0.3 is 0 Å². The van der Waals surface area contributed by atoms with Crippen molar-refractivity contribution in [3.05, 3.63) is 0 Å². The van der Waals surface area contributed by atoms with Gasteiger partial charge in [0.2, 0.25) is 5.91 Å². The highest BCUT2D eigenvalue weighted by Crippen LogP contribution is 2.69. The summed E-state index contributed by atoms with van der Waals surface area (Å²) in [5.74, 6) is 0.870. The Morgan fingerprint density at radius 1 is 1.22 bits per heavy atom. The van der Waals surface area contributed by atoms with Crippen molar-refractivity contribution in [3.8, 4) is 6.07 Å². The fourth-order valence-corrected chi connectivity index (χ4v) is 6.01. The van der Waals surface area contributed by atoms with Crippen molar-refractivity contribution in [2.75, 3.05) is 6.54 Å². The summed E-state index contributed by atoms with van der Waals surface area (Å²) in [4.78, 5) is 12.5. The molecule has 3 nitrogen and oxygen atoms in total. The summed E-state index contributed by atoms with van der Waals surface area (Å²) in [5, 5.41) is 11.5. The lowest BCUT2D eigenvalue weighted by Gasteiger charge is -2.64. The first-order valence-electron chi connectivity index (χ1n) is 7.04. The molecule has 3 heteroatoms. The topological polar surface area (TPSA) is 52.9 Å². The summed E-state index contributed by atoms with van der Waals surface area (Å²) >= 11 is 0. The molecule has 4 aliphatic carbocycles. The minimum atomic E-state index is -0.167. The molecule has 0 radical (unpaired) electrons. The summed E-state index contributed by atoms with van der Waals surface area (Å²) in [6.07, 6.45) is 7.00. The normalized spacial score (nSPS) is 48.8. The van der Waals surface area contributed by atoms with E-state index in [9.17, 15) is 4.79 Å². The zero-order valence-electron chi connectivity index (χ0n) is 11.4. The lowest BCUT2D eigenvalue weighted by Crippen LogP contribution is -2.59. The maximum Gasteiger partial charge on any atom is 0.227 e. The quantitative estimate of drug-likeness (QED) is 0.761. The molecular weight excluding hydrogens is 224 g/mol. The van der Waals surface area contributed by atoms with Crippen LogP contribution in [-0.2, 0) is 4.79 Å². The molecule has 98 valence electrons. The summed E-state index contributed by atoms with van der Waals surface area (Å²) < 4.78 is 0. The molecule has 2 atom stereocenters. The Balaban J connectivity index is 1.89. The molecule has 4 saturated carbocycles. The van der Waals surface area contributed by atoms with Crippen LogP contribution in [0.3, 0.4) is 0 Å². The smallest absolute Gasteiger partial charge is 0.227 e. The number of hydrogen-bond donors (Lipinski definition) is 1. The fourth-order valence-electron chi connectivity index (χ4n) is 6.01. The van der Waals surface area contributed by atoms with Gasteiger partial charge in [-0.1, -0.05) is 13.8 Å². The van der Waals surface area contributed by atoms with E-state index in [-0.39, 0.29) is 17.9 Å². The van der Waals surface area contributed by atoms with Gasteiger partial charge in [0, 0.05) is 0 Å². The number of nitrogens with zero attached hydrogens (tertiary/aromatic N) is 1. The number of carbonyl (C=O) groups excluding carboxylic acids is 1. The van der Waals surface area contributed by atoms with Gasteiger partial charge in [-0.2, -0.15) is 5.26 Å². The Bertz CT molecular complexity index is 418. The first-order chi connectivity index (χ1) is 8.39. The highest BCUT2D eigenvalue weighted by Gasteiger charge is 2.62. The standard InChI is InChI=1S/C15H22N2O/c1-13-5-11-6-14(2,8-13)10-15(7-11,9-13)12(18)17-4-3-16/h11H,4-10H2,1-2H3,(H,17,18). The minimum Gasteiger partial charge on any atom is -0.343 e. The molecule has 1 amide bonds. The lowest BCUT2D eigenvalue weighted by molar-refractivity contribution is -0.169. The van der Waals surface area contributed by atoms with Crippen LogP contribution in [-0.4, -0.2) is 12.5 Å². The maximum absolute atomic E-state index is 12.5. The van der Waals surface area contributed by atoms with Crippen molar-refractivity contribution in [3.63, 3.8) is 0 Å². The number of rotatable bonds is 2. The number of hydrogen-bond acceptors (Lipinski definition) is 2. The summed E-state index contributed by atoms with van der Waals surface area (Å²) in [5.41, 5.74) is 0.552. The second kappa shape index (κ2) is 3.50. The van der Waals surface area contributed by atoms with Gasteiger partial charge in [-0.05, 0) is 55.3 Å². The van der Waals surface area contributed by atoms with Gasteiger partial charge in [-0.25, -0.2) is 0 Å². The van der Waals surface area contributed by atoms with Crippen molar-refractivity contribution in [2.45, 2.75) is 52.4 Å². The van der Waals surface area contributed by atoms with Gasteiger partial charge < -0.3 is 5.32 Å². The monoisotopic (exact) mass is 246 g/mol. The van der Waals surface area contributed by atoms with Gasteiger partial charge in [0.1, 0.15) is 6.54 Å². The van der Waals surface area contributed by atoms with E-state index in [1.165, 1.54) is 19.3 Å². The maximum atomic E-state index is 12.5. The third-order valence-electron chi connectivity index (χ3n) is 5.44. The molecule has 1 N–H and O–H groups in total. The van der Waals surface area contributed by atoms with Crippen molar-refractivity contribution < 1.29 is 4.79 Å². The van der Waals surface area contributed by atoms with Crippen molar-refractivity contribution in [1.29, 1.82) is 5.26 Å². The molecular formula is C15H22N2O. The summed E-state index contributed by atoms with van der Waals surface area (Å²) in [7, 11) is 0. The van der Waals surface area contributed by atoms with E-state index in [0.29, 0.717) is 10.8 Å². The predicted octanol–water partition coefficient (Wildman–Crippen LogP) is 2.62. The second-order valence-corrected chi connectivity index (χ2v) is 7.75. The van der Waals surface area contributed by atoms with Crippen LogP contribution in [0.2, 0.25) is 0 Å². The zero-order chi connectivity index (χ0) is 13.0. The second-order valence-electron chi connectivity index (χ2n) is 7.75. The van der Waals surface area contributed by atoms with E-state index in [1.54, 1.807) is 0 Å². The van der Waals surface area contributed by atoms with E-state index in [1.807, 2.05) is 6.07 Å². The molecule has 4 aliphatic rings. The van der Waals surface area contributed by atoms with E-state index in [0.717, 1.165) is 25.2 Å². The van der Waals surface area contributed by atoms with Crippen LogP contribution in [0.5, 0.6) is 0 Å². The van der Waals surface area contributed by atoms with Gasteiger partial charge in [-0.3, -0.25) is 4.79 Å². The first kappa shape index (κ1) is 12.0. The molecule has 0 aromatic heterocycles. The highest BCUT2D eigenvalue weighted by atomic mass is 16.2. The molecule has 2 unspecified atom stereocenters. The third-order valence-corrected chi connectivity index (χ3v) is 5.44. The van der Waals surface area contributed by atoms with Gasteiger partial charge in [0.05, 0.1) is 11.5 Å². The third kappa shape index (κ3) is 1.66. The van der Waals surface area contributed by atoms with E-state index < -0.39 is 0 Å². The molecule has 0 spiro atoms. The summed E-state index contributed by atoms with van der Waals surface area (Å²) in [6, 6.07) is 2.02. The van der Waals surface area contributed by atoms with Gasteiger partial charge in [0.15, 0.2) is 0 Å². The Hall–Kier alpha value is -1.04. The minimum absolute atomic E-state index is 0.144. The van der Waals surface area contributed by atoms with Crippen LogP contribution >= 0.6 is 0 Å². The number of carbonyl (C=O) groups is 1. The zero-order valence-corrected chi connectivity index (χ0v) is 11.4. The molecule has 4 fully saturated rings. The molecule has 18 heavy (non-hydrogen) atoms. The Morgan fingerprint density at radius 3 is 2.33 bits per heavy atom. The van der Waals surface area contributed by atoms with Crippen LogP contribution in [0.25, 0.3) is 0 Å². The number of nitrogens with one attached hydrogen (secondary N) is 1. The first-order valence-corrected chi connectivity index (χ1v) is 7.04. The summed E-state index contributed by atoms with van der Waals surface area (Å²) in [6.45, 7) is 4.88. The Morgan fingerprint density at radius 2 is 1.83 bits per heavy atom. The van der Waals surface area contributed by atoms with Crippen LogP contribution in [0.4, 0.5) is 0 Å². The fraction of sp³-hybridized carbons (Fsp3) is 0.867.